The lowest BCUT2D eigenvalue weighted by molar-refractivity contribution is -0.261. The summed E-state index contributed by atoms with van der Waals surface area (Å²) in [7, 11) is -11.3. The number of halogens is 8. The van der Waals surface area contributed by atoms with Gasteiger partial charge in [-0.3, -0.25) is 18.3 Å². The Morgan fingerprint density at radius 1 is 1.13 bits per heavy atom. The molecule has 2 aliphatic carbocycles. The zero-order valence-electron chi connectivity index (χ0n) is 18.0. The first-order valence-corrected chi connectivity index (χ1v) is 16.3. The molecular weight excluding hydrogens is 914 g/mol. The summed E-state index contributed by atoms with van der Waals surface area (Å²) in [6, 6.07) is 2.08. The second-order valence-electron chi connectivity index (χ2n) is 8.75. The SMILES string of the molecule is O=C(NC1C2CC3C1OS(=O)(=O)C3C2C(=O)OC(C(F)(F)F)C(F)(F)S(=O)(=O)O)c1cc(I)cc(I)c1I. The lowest BCUT2D eigenvalue weighted by Crippen LogP contribution is -2.55. The fraction of sp³-hybridized carbons (Fsp3) is 0.556. The number of carbonyl (C=O) groups excluding carboxylic acids is 2. The Hall–Kier alpha value is -0.180. The Balaban J connectivity index is 1.67. The van der Waals surface area contributed by atoms with E-state index < -0.39 is 84.8 Å². The molecule has 0 aromatic heterocycles. The minimum atomic E-state index is -6.70. The molecule has 10 nitrogen and oxygen atoms in total. The van der Waals surface area contributed by atoms with E-state index in [-0.39, 0.29) is 12.0 Å². The highest BCUT2D eigenvalue weighted by atomic mass is 127. The van der Waals surface area contributed by atoms with Crippen molar-refractivity contribution in [1.29, 1.82) is 0 Å². The molecule has 1 aliphatic heterocycles. The van der Waals surface area contributed by atoms with Crippen LogP contribution in [0.4, 0.5) is 22.0 Å². The molecule has 1 amide bonds. The average Bonchev–Trinajstić information content (AvgIpc) is 3.35. The van der Waals surface area contributed by atoms with Crippen molar-refractivity contribution >= 4 is 99.9 Å². The van der Waals surface area contributed by atoms with Crippen LogP contribution in [-0.4, -0.2) is 68.2 Å². The molecule has 2 N–H and O–H groups in total. The Kier molecular flexibility index (Phi) is 8.08. The van der Waals surface area contributed by atoms with Gasteiger partial charge in [0.1, 0.15) is 11.4 Å². The Morgan fingerprint density at radius 3 is 2.29 bits per heavy atom. The maximum Gasteiger partial charge on any atom is 0.432 e. The minimum Gasteiger partial charge on any atom is -0.444 e. The van der Waals surface area contributed by atoms with Gasteiger partial charge in [-0.25, -0.2) is 0 Å². The summed E-state index contributed by atoms with van der Waals surface area (Å²) in [6.07, 6.45) is -12.1. The summed E-state index contributed by atoms with van der Waals surface area (Å²) in [6.45, 7) is 0. The summed E-state index contributed by atoms with van der Waals surface area (Å²) in [4.78, 5) is 25.9. The topological polar surface area (TPSA) is 153 Å². The molecule has 1 aromatic rings. The van der Waals surface area contributed by atoms with Crippen LogP contribution in [0.2, 0.25) is 0 Å². The molecule has 0 radical (unpaired) electrons. The second-order valence-corrected chi connectivity index (χ2v) is 15.5. The highest BCUT2D eigenvalue weighted by molar-refractivity contribution is 14.1. The smallest absolute Gasteiger partial charge is 0.432 e. The van der Waals surface area contributed by atoms with Gasteiger partial charge in [-0.15, -0.1) is 0 Å². The zero-order chi connectivity index (χ0) is 28.7. The van der Waals surface area contributed by atoms with Gasteiger partial charge in [0.15, 0.2) is 0 Å². The number of alkyl halides is 5. The van der Waals surface area contributed by atoms with Gasteiger partial charge in [-0.1, -0.05) is 0 Å². The van der Waals surface area contributed by atoms with Crippen molar-refractivity contribution in [3.05, 3.63) is 28.4 Å². The standard InChI is InChI=1S/C18H13F5I3NO9S2/c19-17(20,21)16(18(22,23)38(32,33)34)35-15(29)9-5-3-7-12(36-37(30,31)13(7)9)11(5)27-14(28)6-1-4(24)2-8(25)10(6)26/h1-2,5,7,9,11-13,16H,3H2,(H,27,28)(H,32,33,34). The number of carbonyl (C=O) groups is 2. The molecule has 3 aliphatic rings. The quantitative estimate of drug-likeness (QED) is 0.110. The van der Waals surface area contributed by atoms with Gasteiger partial charge in [-0.05, 0) is 92.2 Å². The first-order chi connectivity index (χ1) is 17.2. The summed E-state index contributed by atoms with van der Waals surface area (Å²) in [5.74, 6) is -6.96. The lowest BCUT2D eigenvalue weighted by Gasteiger charge is -2.33. The molecule has 7 atom stereocenters. The van der Waals surface area contributed by atoms with Crippen molar-refractivity contribution in [2.75, 3.05) is 0 Å². The molecule has 1 heterocycles. The van der Waals surface area contributed by atoms with Crippen molar-refractivity contribution < 1.29 is 61.8 Å². The Morgan fingerprint density at radius 2 is 1.74 bits per heavy atom. The normalized spacial score (nSPS) is 30.8. The third-order valence-electron chi connectivity index (χ3n) is 6.59. The monoisotopic (exact) mass is 927 g/mol. The van der Waals surface area contributed by atoms with Crippen LogP contribution in [-0.2, 0) is 34.0 Å². The highest BCUT2D eigenvalue weighted by Crippen LogP contribution is 2.58. The van der Waals surface area contributed by atoms with Gasteiger partial charge in [0.2, 0.25) is 0 Å². The third-order valence-corrected chi connectivity index (χ3v) is 13.0. The number of rotatable bonds is 6. The van der Waals surface area contributed by atoms with E-state index in [1.807, 2.05) is 67.8 Å². The van der Waals surface area contributed by atoms with Crippen molar-refractivity contribution in [3.8, 4) is 0 Å². The van der Waals surface area contributed by atoms with Crippen LogP contribution in [0.1, 0.15) is 16.8 Å². The molecule has 2 saturated carbocycles. The molecule has 1 aromatic carbocycles. The molecular formula is C18H13F5I3NO9S2. The number of fused-ring (bicyclic) bond motifs is 1. The van der Waals surface area contributed by atoms with Crippen LogP contribution >= 0.6 is 67.8 Å². The molecule has 20 heteroatoms. The van der Waals surface area contributed by atoms with Crippen LogP contribution in [0.5, 0.6) is 0 Å². The number of hydrogen-bond donors (Lipinski definition) is 2. The number of hydrogen-bond acceptors (Lipinski definition) is 8. The Labute approximate surface area is 252 Å². The molecule has 212 valence electrons. The number of benzene rings is 1. The summed E-state index contributed by atoms with van der Waals surface area (Å²) < 4.78 is 135. The molecule has 0 spiro atoms. The highest BCUT2D eigenvalue weighted by Gasteiger charge is 2.73. The van der Waals surface area contributed by atoms with E-state index in [0.717, 1.165) is 0 Å². The van der Waals surface area contributed by atoms with Gasteiger partial charge in [0.05, 0.1) is 17.5 Å². The Bertz CT molecular complexity index is 1420. The van der Waals surface area contributed by atoms with Crippen LogP contribution in [0.3, 0.4) is 0 Å². The summed E-state index contributed by atoms with van der Waals surface area (Å²) >= 11 is 5.85. The van der Waals surface area contributed by atoms with Gasteiger partial charge in [0, 0.05) is 16.6 Å². The maximum atomic E-state index is 14.0. The molecule has 4 rings (SSSR count). The molecule has 38 heavy (non-hydrogen) atoms. The van der Waals surface area contributed by atoms with Crippen LogP contribution in [0.25, 0.3) is 0 Å². The van der Waals surface area contributed by atoms with E-state index in [1.54, 1.807) is 6.07 Å². The largest absolute Gasteiger partial charge is 0.444 e. The first-order valence-electron chi connectivity index (χ1n) is 10.2. The van der Waals surface area contributed by atoms with E-state index in [1.165, 1.54) is 6.07 Å². The summed E-state index contributed by atoms with van der Waals surface area (Å²) in [5, 5.41) is -5.19. The average molecular weight is 927 g/mol. The van der Waals surface area contributed by atoms with Crippen molar-refractivity contribution in [3.63, 3.8) is 0 Å². The fourth-order valence-corrected chi connectivity index (χ4v) is 10.1. The number of nitrogens with one attached hydrogen (secondary N) is 1. The maximum absolute atomic E-state index is 14.0. The number of esters is 1. The van der Waals surface area contributed by atoms with E-state index in [9.17, 15) is 48.4 Å². The van der Waals surface area contributed by atoms with Crippen molar-refractivity contribution in [1.82, 2.24) is 5.32 Å². The number of ether oxygens (including phenoxy) is 1. The lowest BCUT2D eigenvalue weighted by atomic mass is 9.82. The van der Waals surface area contributed by atoms with E-state index >= 15 is 0 Å². The third kappa shape index (κ3) is 5.15. The predicted molar refractivity (Wildman–Crippen MR) is 141 cm³/mol. The van der Waals surface area contributed by atoms with E-state index in [4.69, 9.17) is 8.74 Å². The van der Waals surface area contributed by atoms with Gasteiger partial charge in [0.25, 0.3) is 22.1 Å². The van der Waals surface area contributed by atoms with Crippen molar-refractivity contribution in [2.45, 2.75) is 41.4 Å². The fourth-order valence-electron chi connectivity index (χ4n) is 5.15. The minimum absolute atomic E-state index is 0.133. The van der Waals surface area contributed by atoms with E-state index in [0.29, 0.717) is 10.7 Å². The zero-order valence-corrected chi connectivity index (χ0v) is 26.1. The van der Waals surface area contributed by atoms with Crippen LogP contribution in [0.15, 0.2) is 12.1 Å². The molecule has 1 saturated heterocycles. The molecule has 3 fully saturated rings. The predicted octanol–water partition coefficient (Wildman–Crippen LogP) is 2.92. The second kappa shape index (κ2) is 9.97. The van der Waals surface area contributed by atoms with Crippen molar-refractivity contribution in [2.24, 2.45) is 17.8 Å². The van der Waals surface area contributed by atoms with Gasteiger partial charge < -0.3 is 10.1 Å². The van der Waals surface area contributed by atoms with Gasteiger partial charge >= 0.3 is 27.5 Å². The summed E-state index contributed by atoms with van der Waals surface area (Å²) in [5.41, 5.74) is 0.186. The first kappa shape index (κ1) is 30.8. The number of amides is 1. The van der Waals surface area contributed by atoms with E-state index in [2.05, 4.69) is 10.1 Å². The molecule has 7 unspecified atom stereocenters. The van der Waals surface area contributed by atoms with Crippen LogP contribution < -0.4 is 5.32 Å². The van der Waals surface area contributed by atoms with Crippen LogP contribution in [0, 0.1) is 28.5 Å². The van der Waals surface area contributed by atoms with Gasteiger partial charge in [-0.2, -0.15) is 38.8 Å². The molecule has 2 bridgehead atoms.